The summed E-state index contributed by atoms with van der Waals surface area (Å²) < 4.78 is 15.1. The number of carboxylic acid groups (broad SMARTS) is 1. The maximum Gasteiger partial charge on any atom is 0.344 e. The Kier molecular flexibility index (Phi) is 11.3. The van der Waals surface area contributed by atoms with Gasteiger partial charge in [-0.15, -0.1) is 22.7 Å². The minimum absolute atomic E-state index is 0.162. The molecule has 0 fully saturated rings. The Morgan fingerprint density at radius 2 is 1.22 bits per heavy atom. The zero-order valence-corrected chi connectivity index (χ0v) is 26.6. The molecule has 0 amide bonds. The minimum Gasteiger partial charge on any atom is -0.481 e. The molecular weight excluding hydrogens is 632 g/mol. The predicted octanol–water partition coefficient (Wildman–Crippen LogP) is 5.44. The number of benzene rings is 2. The number of aliphatic carboxylic acids is 1. The first-order chi connectivity index (χ1) is 22.0. The van der Waals surface area contributed by atoms with Crippen molar-refractivity contribution in [3.8, 4) is 0 Å². The van der Waals surface area contributed by atoms with Gasteiger partial charge in [0.1, 0.15) is 18.6 Å². The Hall–Kier alpha value is -4.94. The zero-order chi connectivity index (χ0) is 33.3. The van der Waals surface area contributed by atoms with Crippen LogP contribution in [0.1, 0.15) is 66.4 Å². The SMILES string of the molecule is C[C@@H](C(=O)OCC(=O)OCCOC(=O)C[C@](C)(C(=O)O)c1ccc(C(=O)c2ccccc2)s1)c1ccc(C(=O)c2ccccc2)s1. The number of rotatable bonds is 15. The van der Waals surface area contributed by atoms with Crippen molar-refractivity contribution in [1.82, 2.24) is 0 Å². The van der Waals surface area contributed by atoms with Gasteiger partial charge in [-0.3, -0.25) is 24.0 Å². The highest BCUT2D eigenvalue weighted by Gasteiger charge is 2.40. The van der Waals surface area contributed by atoms with E-state index in [0.29, 0.717) is 30.6 Å². The number of carbonyl (C=O) groups is 6. The van der Waals surface area contributed by atoms with E-state index in [4.69, 9.17) is 14.2 Å². The summed E-state index contributed by atoms with van der Waals surface area (Å²) >= 11 is 2.16. The maximum absolute atomic E-state index is 12.7. The van der Waals surface area contributed by atoms with E-state index < -0.39 is 48.2 Å². The van der Waals surface area contributed by atoms with E-state index in [1.165, 1.54) is 30.4 Å². The summed E-state index contributed by atoms with van der Waals surface area (Å²) in [6.45, 7) is 1.61. The number of hydrogen-bond donors (Lipinski definition) is 1. The normalized spacial score (nSPS) is 12.7. The standard InChI is InChI=1S/C34H30O10S2/c1-21(24-13-14-25(45-24)30(37)22-9-5-3-6-10-22)32(39)44-20-29(36)43-18-17-42-28(35)19-34(2,33(40)41)27-16-15-26(46-27)31(38)23-11-7-4-8-12-23/h3-16,21H,17-20H2,1-2H3,(H,40,41)/t21-,34+/m1/s1. The highest BCUT2D eigenvalue weighted by Crippen LogP contribution is 2.35. The topological polar surface area (TPSA) is 150 Å². The molecule has 1 N–H and O–H groups in total. The Labute approximate surface area is 272 Å². The molecular formula is C34H30O10S2. The van der Waals surface area contributed by atoms with Crippen molar-refractivity contribution in [1.29, 1.82) is 0 Å². The van der Waals surface area contributed by atoms with E-state index >= 15 is 0 Å². The van der Waals surface area contributed by atoms with Gasteiger partial charge in [0.05, 0.1) is 22.1 Å². The van der Waals surface area contributed by atoms with Crippen molar-refractivity contribution in [2.45, 2.75) is 31.6 Å². The molecule has 2 aromatic carbocycles. The van der Waals surface area contributed by atoms with Crippen molar-refractivity contribution in [2.75, 3.05) is 19.8 Å². The smallest absolute Gasteiger partial charge is 0.344 e. The van der Waals surface area contributed by atoms with Crippen molar-refractivity contribution in [2.24, 2.45) is 0 Å². The van der Waals surface area contributed by atoms with Gasteiger partial charge in [-0.1, -0.05) is 60.7 Å². The van der Waals surface area contributed by atoms with Crippen LogP contribution in [0.3, 0.4) is 0 Å². The van der Waals surface area contributed by atoms with Crippen molar-refractivity contribution < 1.29 is 48.1 Å². The van der Waals surface area contributed by atoms with Gasteiger partial charge in [0.15, 0.2) is 6.61 Å². The number of carboxylic acids is 1. The van der Waals surface area contributed by atoms with Gasteiger partial charge in [-0.05, 0) is 38.1 Å². The minimum atomic E-state index is -1.66. The van der Waals surface area contributed by atoms with Crippen molar-refractivity contribution in [3.63, 3.8) is 0 Å². The molecule has 2 heterocycles. The van der Waals surface area contributed by atoms with Gasteiger partial charge in [-0.2, -0.15) is 0 Å². The Morgan fingerprint density at radius 1 is 0.696 bits per heavy atom. The van der Waals surface area contributed by atoms with Crippen LogP contribution in [0.5, 0.6) is 0 Å². The van der Waals surface area contributed by atoms with Gasteiger partial charge in [0.2, 0.25) is 11.6 Å². The number of esters is 3. The lowest BCUT2D eigenvalue weighted by atomic mass is 9.85. The second-order valence-corrected chi connectivity index (χ2v) is 12.5. The van der Waals surface area contributed by atoms with Crippen LogP contribution < -0.4 is 0 Å². The van der Waals surface area contributed by atoms with Crippen molar-refractivity contribution in [3.05, 3.63) is 116 Å². The van der Waals surface area contributed by atoms with Crippen LogP contribution >= 0.6 is 22.7 Å². The molecule has 0 spiro atoms. The number of carbonyl (C=O) groups excluding carboxylic acids is 5. The summed E-state index contributed by atoms with van der Waals surface area (Å²) in [5, 5.41) is 9.92. The molecule has 0 saturated heterocycles. The van der Waals surface area contributed by atoms with Gasteiger partial charge in [0.25, 0.3) is 0 Å². The molecule has 238 valence electrons. The number of ketones is 2. The molecule has 46 heavy (non-hydrogen) atoms. The fourth-order valence-electron chi connectivity index (χ4n) is 4.26. The predicted molar refractivity (Wildman–Crippen MR) is 169 cm³/mol. The van der Waals surface area contributed by atoms with Gasteiger partial charge < -0.3 is 19.3 Å². The third-order valence-electron chi connectivity index (χ3n) is 6.99. The van der Waals surface area contributed by atoms with Crippen LogP contribution in [-0.2, 0) is 38.8 Å². The Bertz CT molecular complexity index is 1720. The summed E-state index contributed by atoms with van der Waals surface area (Å²) in [6, 6.07) is 23.6. The molecule has 0 aliphatic rings. The van der Waals surface area contributed by atoms with Crippen molar-refractivity contribution >= 4 is 58.1 Å². The zero-order valence-electron chi connectivity index (χ0n) is 24.9. The second kappa shape index (κ2) is 15.4. The lowest BCUT2D eigenvalue weighted by Gasteiger charge is -2.22. The molecule has 0 radical (unpaired) electrons. The van der Waals surface area contributed by atoms with Crippen LogP contribution in [0.2, 0.25) is 0 Å². The van der Waals surface area contributed by atoms with Gasteiger partial charge in [-0.25, -0.2) is 4.79 Å². The molecule has 0 aliphatic heterocycles. The summed E-state index contributed by atoms with van der Waals surface area (Å²) in [5.41, 5.74) is -0.667. The van der Waals surface area contributed by atoms with Gasteiger partial charge in [0, 0.05) is 20.9 Å². The number of ether oxygens (including phenoxy) is 3. The summed E-state index contributed by atoms with van der Waals surface area (Å²) in [5.74, 6) is -4.81. The monoisotopic (exact) mass is 662 g/mol. The molecule has 4 rings (SSSR count). The lowest BCUT2D eigenvalue weighted by molar-refractivity contribution is -0.162. The van der Waals surface area contributed by atoms with Crippen LogP contribution in [-0.4, -0.2) is 60.4 Å². The van der Waals surface area contributed by atoms with Crippen LogP contribution in [0.15, 0.2) is 84.9 Å². The summed E-state index contributed by atoms with van der Waals surface area (Å²) in [7, 11) is 0. The van der Waals surface area contributed by atoms with Crippen LogP contribution in [0.4, 0.5) is 0 Å². The Morgan fingerprint density at radius 3 is 1.78 bits per heavy atom. The van der Waals surface area contributed by atoms with E-state index in [0.717, 1.165) is 11.3 Å². The fraction of sp³-hybridized carbons (Fsp3) is 0.235. The van der Waals surface area contributed by atoms with Crippen LogP contribution in [0, 0.1) is 0 Å². The third-order valence-corrected chi connectivity index (χ3v) is 9.60. The van der Waals surface area contributed by atoms with E-state index in [1.54, 1.807) is 73.7 Å². The molecule has 0 bridgehead atoms. The quantitative estimate of drug-likeness (QED) is 0.0755. The van der Waals surface area contributed by atoms with E-state index in [1.807, 2.05) is 6.07 Å². The highest BCUT2D eigenvalue weighted by atomic mass is 32.1. The average Bonchev–Trinajstić information content (AvgIpc) is 3.77. The molecule has 4 aromatic rings. The molecule has 0 saturated carbocycles. The Balaban J connectivity index is 1.20. The lowest BCUT2D eigenvalue weighted by Crippen LogP contribution is -2.35. The summed E-state index contributed by atoms with van der Waals surface area (Å²) in [6.07, 6.45) is -0.521. The van der Waals surface area contributed by atoms with E-state index in [2.05, 4.69) is 0 Å². The molecule has 2 aromatic heterocycles. The second-order valence-electron chi connectivity index (χ2n) is 10.3. The molecule has 0 unspecified atom stereocenters. The molecule has 0 aliphatic carbocycles. The van der Waals surface area contributed by atoms with E-state index in [9.17, 15) is 33.9 Å². The summed E-state index contributed by atoms with van der Waals surface area (Å²) in [4.78, 5) is 76.3. The molecule has 10 nitrogen and oxygen atoms in total. The first-order valence-corrected chi connectivity index (χ1v) is 15.7. The first kappa shape index (κ1) is 33.9. The van der Waals surface area contributed by atoms with Crippen LogP contribution in [0.25, 0.3) is 0 Å². The average molecular weight is 663 g/mol. The third kappa shape index (κ3) is 8.40. The molecule has 12 heteroatoms. The maximum atomic E-state index is 12.7. The highest BCUT2D eigenvalue weighted by molar-refractivity contribution is 7.14. The number of thiophene rings is 2. The largest absolute Gasteiger partial charge is 0.481 e. The van der Waals surface area contributed by atoms with E-state index in [-0.39, 0.29) is 24.8 Å². The molecule has 2 atom stereocenters. The first-order valence-electron chi connectivity index (χ1n) is 14.1. The fourth-order valence-corrected chi connectivity index (χ4v) is 6.37. The number of hydrogen-bond acceptors (Lipinski definition) is 11. The van der Waals surface area contributed by atoms with Gasteiger partial charge >= 0.3 is 23.9 Å².